The van der Waals surface area contributed by atoms with Gasteiger partial charge in [0.05, 0.1) is 10.7 Å². The molecule has 0 atom stereocenters. The molecule has 2 aromatic rings. The molecule has 0 heterocycles. The Bertz CT molecular complexity index is 818. The van der Waals surface area contributed by atoms with Gasteiger partial charge in [0.15, 0.2) is 0 Å². The second-order valence-electron chi connectivity index (χ2n) is 5.97. The summed E-state index contributed by atoms with van der Waals surface area (Å²) in [6, 6.07) is 11.9. The molecule has 2 amide bonds. The van der Waals surface area contributed by atoms with E-state index in [0.717, 1.165) is 5.56 Å². The van der Waals surface area contributed by atoms with Crippen LogP contribution in [0.1, 0.15) is 18.4 Å². The molecule has 0 spiro atoms. The zero-order valence-electron chi connectivity index (χ0n) is 13.1. The first kappa shape index (κ1) is 18.1. The Morgan fingerprint density at radius 2 is 1.56 bits per heavy atom. The Hall–Kier alpha value is -1.75. The summed E-state index contributed by atoms with van der Waals surface area (Å²) in [5.74, 6) is -0.664. The SMILES string of the molecule is O=C(NCc1ccc(Cl)cc1)C1(C(=O)Nc2cc(Cl)ccc2Cl)CC1. The highest BCUT2D eigenvalue weighted by molar-refractivity contribution is 6.36. The van der Waals surface area contributed by atoms with Crippen molar-refractivity contribution in [2.24, 2.45) is 5.41 Å². The number of hydrogen-bond donors (Lipinski definition) is 2. The van der Waals surface area contributed by atoms with Crippen LogP contribution in [0.15, 0.2) is 42.5 Å². The highest BCUT2D eigenvalue weighted by Crippen LogP contribution is 2.47. The average molecular weight is 398 g/mol. The Balaban J connectivity index is 1.64. The molecular weight excluding hydrogens is 383 g/mol. The van der Waals surface area contributed by atoms with Crippen molar-refractivity contribution in [3.63, 3.8) is 0 Å². The van der Waals surface area contributed by atoms with Crippen molar-refractivity contribution in [2.45, 2.75) is 19.4 Å². The van der Waals surface area contributed by atoms with E-state index in [0.29, 0.717) is 40.1 Å². The van der Waals surface area contributed by atoms with Gasteiger partial charge in [0.1, 0.15) is 5.41 Å². The second-order valence-corrected chi connectivity index (χ2v) is 7.25. The lowest BCUT2D eigenvalue weighted by molar-refractivity contribution is -0.134. The molecule has 0 radical (unpaired) electrons. The zero-order chi connectivity index (χ0) is 18.0. The molecule has 25 heavy (non-hydrogen) atoms. The minimum atomic E-state index is -1.04. The minimum absolute atomic E-state index is 0.293. The van der Waals surface area contributed by atoms with Crippen molar-refractivity contribution >= 4 is 52.3 Å². The largest absolute Gasteiger partial charge is 0.351 e. The first-order valence-electron chi connectivity index (χ1n) is 7.70. The summed E-state index contributed by atoms with van der Waals surface area (Å²) < 4.78 is 0. The fourth-order valence-electron chi connectivity index (χ4n) is 2.47. The lowest BCUT2D eigenvalue weighted by atomic mass is 10.0. The van der Waals surface area contributed by atoms with E-state index in [9.17, 15) is 9.59 Å². The number of hydrogen-bond acceptors (Lipinski definition) is 2. The van der Waals surface area contributed by atoms with Crippen LogP contribution in [0.4, 0.5) is 5.69 Å². The number of carbonyl (C=O) groups is 2. The topological polar surface area (TPSA) is 58.2 Å². The van der Waals surface area contributed by atoms with Crippen LogP contribution in [0.2, 0.25) is 15.1 Å². The van der Waals surface area contributed by atoms with Crippen LogP contribution >= 0.6 is 34.8 Å². The number of amides is 2. The molecule has 4 nitrogen and oxygen atoms in total. The van der Waals surface area contributed by atoms with E-state index in [1.807, 2.05) is 12.1 Å². The maximum Gasteiger partial charge on any atom is 0.240 e. The molecule has 3 rings (SSSR count). The third-order valence-electron chi connectivity index (χ3n) is 4.16. The monoisotopic (exact) mass is 396 g/mol. The van der Waals surface area contributed by atoms with E-state index in [-0.39, 0.29) is 11.8 Å². The lowest BCUT2D eigenvalue weighted by Gasteiger charge is -2.16. The third-order valence-corrected chi connectivity index (χ3v) is 4.98. The van der Waals surface area contributed by atoms with E-state index in [4.69, 9.17) is 34.8 Å². The van der Waals surface area contributed by atoms with Crippen LogP contribution in [0, 0.1) is 5.41 Å². The van der Waals surface area contributed by atoms with Crippen molar-refractivity contribution in [1.29, 1.82) is 0 Å². The maximum atomic E-state index is 12.6. The number of anilines is 1. The Kier molecular flexibility index (Phi) is 5.23. The molecule has 1 saturated carbocycles. The normalized spacial score (nSPS) is 14.7. The van der Waals surface area contributed by atoms with Gasteiger partial charge in [-0.15, -0.1) is 0 Å². The summed E-state index contributed by atoms with van der Waals surface area (Å²) in [4.78, 5) is 25.1. The fraction of sp³-hybridized carbons (Fsp3) is 0.222. The molecule has 2 N–H and O–H groups in total. The van der Waals surface area contributed by atoms with Crippen molar-refractivity contribution in [2.75, 3.05) is 5.32 Å². The Morgan fingerprint density at radius 3 is 2.20 bits per heavy atom. The molecule has 0 aliphatic heterocycles. The van der Waals surface area contributed by atoms with Gasteiger partial charge in [-0.2, -0.15) is 0 Å². The third kappa shape index (κ3) is 4.09. The van der Waals surface area contributed by atoms with Crippen LogP contribution in [0.3, 0.4) is 0 Å². The Morgan fingerprint density at radius 1 is 0.920 bits per heavy atom. The molecule has 1 aliphatic carbocycles. The molecule has 7 heteroatoms. The van der Waals surface area contributed by atoms with Gasteiger partial charge in [0, 0.05) is 16.6 Å². The van der Waals surface area contributed by atoms with Crippen LogP contribution in [0.5, 0.6) is 0 Å². The minimum Gasteiger partial charge on any atom is -0.351 e. The van der Waals surface area contributed by atoms with E-state index in [1.165, 1.54) is 0 Å². The van der Waals surface area contributed by atoms with Gasteiger partial charge in [-0.1, -0.05) is 46.9 Å². The smallest absolute Gasteiger partial charge is 0.240 e. The number of nitrogens with one attached hydrogen (secondary N) is 2. The van der Waals surface area contributed by atoms with Gasteiger partial charge >= 0.3 is 0 Å². The fourth-order valence-corrected chi connectivity index (χ4v) is 2.93. The predicted octanol–water partition coefficient (Wildman–Crippen LogP) is 4.68. The predicted molar refractivity (Wildman–Crippen MR) is 100 cm³/mol. The highest BCUT2D eigenvalue weighted by atomic mass is 35.5. The zero-order valence-corrected chi connectivity index (χ0v) is 15.4. The number of rotatable bonds is 5. The second kappa shape index (κ2) is 7.24. The lowest BCUT2D eigenvalue weighted by Crippen LogP contribution is -2.39. The molecule has 130 valence electrons. The van der Waals surface area contributed by atoms with Gasteiger partial charge < -0.3 is 10.6 Å². The summed E-state index contributed by atoms with van der Waals surface area (Å²) in [7, 11) is 0. The standard InChI is InChI=1S/C18H15Cl3N2O2/c19-12-3-1-11(2-4-12)10-22-16(24)18(7-8-18)17(25)23-15-9-13(20)5-6-14(15)21/h1-6,9H,7-8,10H2,(H,22,24)(H,23,25). The van der Waals surface area contributed by atoms with E-state index >= 15 is 0 Å². The Labute approximate surface area is 160 Å². The quantitative estimate of drug-likeness (QED) is 0.720. The highest BCUT2D eigenvalue weighted by Gasteiger charge is 2.56. The molecule has 0 unspecified atom stereocenters. The molecule has 2 aromatic carbocycles. The van der Waals surface area contributed by atoms with Gasteiger partial charge in [-0.05, 0) is 48.7 Å². The summed E-state index contributed by atoms with van der Waals surface area (Å²) in [6.07, 6.45) is 1.01. The first-order chi connectivity index (χ1) is 11.9. The van der Waals surface area contributed by atoms with Gasteiger partial charge in [0.2, 0.25) is 11.8 Å². The molecule has 0 bridgehead atoms. The van der Waals surface area contributed by atoms with Crippen molar-refractivity contribution in [1.82, 2.24) is 5.32 Å². The van der Waals surface area contributed by atoms with Crippen molar-refractivity contribution in [3.05, 3.63) is 63.1 Å². The summed E-state index contributed by atoms with van der Waals surface area (Å²) >= 11 is 17.8. The van der Waals surface area contributed by atoms with Gasteiger partial charge in [-0.25, -0.2) is 0 Å². The molecule has 1 aliphatic rings. The van der Waals surface area contributed by atoms with Crippen LogP contribution in [-0.4, -0.2) is 11.8 Å². The van der Waals surface area contributed by atoms with Crippen LogP contribution < -0.4 is 10.6 Å². The summed E-state index contributed by atoms with van der Waals surface area (Å²) in [5, 5.41) is 6.98. The van der Waals surface area contributed by atoms with E-state index in [2.05, 4.69) is 10.6 Å². The molecular formula is C18H15Cl3N2O2. The average Bonchev–Trinajstić information content (AvgIpc) is 3.39. The van der Waals surface area contributed by atoms with Crippen molar-refractivity contribution < 1.29 is 9.59 Å². The number of carbonyl (C=O) groups excluding carboxylic acids is 2. The van der Waals surface area contributed by atoms with E-state index in [1.54, 1.807) is 30.3 Å². The maximum absolute atomic E-state index is 12.6. The summed E-state index contributed by atoms with van der Waals surface area (Å²) in [6.45, 7) is 0.336. The number of benzene rings is 2. The van der Waals surface area contributed by atoms with E-state index < -0.39 is 5.41 Å². The van der Waals surface area contributed by atoms with Crippen molar-refractivity contribution in [3.8, 4) is 0 Å². The van der Waals surface area contributed by atoms with Gasteiger partial charge in [-0.3, -0.25) is 9.59 Å². The van der Waals surface area contributed by atoms with Gasteiger partial charge in [0.25, 0.3) is 0 Å². The molecule has 1 fully saturated rings. The van der Waals surface area contributed by atoms with Crippen LogP contribution in [0.25, 0.3) is 0 Å². The van der Waals surface area contributed by atoms with Crippen LogP contribution in [-0.2, 0) is 16.1 Å². The first-order valence-corrected chi connectivity index (χ1v) is 8.83. The molecule has 0 saturated heterocycles. The molecule has 0 aromatic heterocycles. The number of halogens is 3. The summed E-state index contributed by atoms with van der Waals surface area (Å²) in [5.41, 5.74) is 0.265.